The average molecular weight is 327 g/mol. The second kappa shape index (κ2) is 7.60. The topological polar surface area (TPSA) is 78.5 Å². The number of sulfonamides is 1. The van der Waals surface area contributed by atoms with Gasteiger partial charge < -0.3 is 10.6 Å². The monoisotopic (exact) mass is 327 g/mol. The van der Waals surface area contributed by atoms with Crippen LogP contribution in [0.4, 0.5) is 5.69 Å². The number of carbonyl (C=O) groups is 1. The molecule has 0 spiro atoms. The van der Waals surface area contributed by atoms with Crippen molar-refractivity contribution in [1.82, 2.24) is 9.62 Å². The SMILES string of the molecule is CCCNC(=O)CNc1cc(S(=O)(=O)N(C)C)cc(C)c1C. The minimum Gasteiger partial charge on any atom is -0.376 e. The predicted molar refractivity (Wildman–Crippen MR) is 88.6 cm³/mol. The minimum atomic E-state index is -3.50. The summed E-state index contributed by atoms with van der Waals surface area (Å²) in [6, 6.07) is 3.22. The lowest BCUT2D eigenvalue weighted by molar-refractivity contribution is -0.119. The number of aryl methyl sites for hydroxylation is 1. The van der Waals surface area contributed by atoms with E-state index in [9.17, 15) is 13.2 Å². The molecule has 0 aliphatic rings. The second-order valence-corrected chi connectivity index (χ2v) is 7.56. The number of nitrogens with zero attached hydrogens (tertiary/aromatic N) is 1. The van der Waals surface area contributed by atoms with Crippen molar-refractivity contribution in [3.05, 3.63) is 23.3 Å². The molecule has 0 aliphatic carbocycles. The molecule has 0 saturated carbocycles. The smallest absolute Gasteiger partial charge is 0.242 e. The van der Waals surface area contributed by atoms with E-state index in [0.717, 1.165) is 17.5 Å². The standard InChI is InChI=1S/C15H25N3O3S/c1-6-7-16-15(19)10-17-14-9-13(8-11(2)12(14)3)22(20,21)18(4)5/h8-9,17H,6-7,10H2,1-5H3,(H,16,19). The summed E-state index contributed by atoms with van der Waals surface area (Å²) < 4.78 is 25.7. The van der Waals surface area contributed by atoms with E-state index >= 15 is 0 Å². The lowest BCUT2D eigenvalue weighted by Gasteiger charge is -2.16. The Kier molecular flexibility index (Phi) is 6.37. The Morgan fingerprint density at radius 1 is 1.23 bits per heavy atom. The van der Waals surface area contributed by atoms with Gasteiger partial charge in [-0.1, -0.05) is 6.92 Å². The van der Waals surface area contributed by atoms with E-state index in [1.807, 2.05) is 20.8 Å². The zero-order valence-electron chi connectivity index (χ0n) is 13.9. The average Bonchev–Trinajstić information content (AvgIpc) is 2.45. The van der Waals surface area contributed by atoms with Gasteiger partial charge in [0.15, 0.2) is 0 Å². The summed E-state index contributed by atoms with van der Waals surface area (Å²) in [5.74, 6) is -0.111. The van der Waals surface area contributed by atoms with Crippen LogP contribution >= 0.6 is 0 Å². The van der Waals surface area contributed by atoms with Gasteiger partial charge in [0.1, 0.15) is 0 Å². The number of nitrogens with one attached hydrogen (secondary N) is 2. The normalized spacial score (nSPS) is 11.5. The first-order valence-electron chi connectivity index (χ1n) is 7.24. The zero-order valence-corrected chi connectivity index (χ0v) is 14.7. The van der Waals surface area contributed by atoms with Gasteiger partial charge in [0, 0.05) is 26.3 Å². The molecule has 0 atom stereocenters. The Bertz CT molecular complexity index is 640. The van der Waals surface area contributed by atoms with E-state index in [1.165, 1.54) is 18.4 Å². The first-order valence-corrected chi connectivity index (χ1v) is 8.68. The van der Waals surface area contributed by atoms with Crippen LogP contribution in [0, 0.1) is 13.8 Å². The molecule has 6 nitrogen and oxygen atoms in total. The molecule has 1 aromatic carbocycles. The third kappa shape index (κ3) is 4.45. The van der Waals surface area contributed by atoms with Crippen molar-refractivity contribution in [3.63, 3.8) is 0 Å². The highest BCUT2D eigenvalue weighted by atomic mass is 32.2. The van der Waals surface area contributed by atoms with Gasteiger partial charge in [-0.2, -0.15) is 0 Å². The molecular formula is C15H25N3O3S. The van der Waals surface area contributed by atoms with E-state index in [1.54, 1.807) is 12.1 Å². The largest absolute Gasteiger partial charge is 0.376 e. The number of amides is 1. The number of benzene rings is 1. The maximum absolute atomic E-state index is 12.2. The van der Waals surface area contributed by atoms with Gasteiger partial charge in [-0.25, -0.2) is 12.7 Å². The molecule has 22 heavy (non-hydrogen) atoms. The Labute approximate surface area is 132 Å². The maximum Gasteiger partial charge on any atom is 0.242 e. The fourth-order valence-electron chi connectivity index (χ4n) is 1.87. The number of carbonyl (C=O) groups excluding carboxylic acids is 1. The maximum atomic E-state index is 12.2. The third-order valence-electron chi connectivity index (χ3n) is 3.43. The van der Waals surface area contributed by atoms with Gasteiger partial charge in [0.25, 0.3) is 0 Å². The summed E-state index contributed by atoms with van der Waals surface area (Å²) in [7, 11) is -0.507. The van der Waals surface area contributed by atoms with Gasteiger partial charge in [0.05, 0.1) is 11.4 Å². The molecule has 1 rings (SSSR count). The highest BCUT2D eigenvalue weighted by molar-refractivity contribution is 7.89. The van der Waals surface area contributed by atoms with Gasteiger partial charge in [-0.15, -0.1) is 0 Å². The van der Waals surface area contributed by atoms with Gasteiger partial charge in [0.2, 0.25) is 15.9 Å². The zero-order chi connectivity index (χ0) is 16.9. The van der Waals surface area contributed by atoms with Crippen LogP contribution < -0.4 is 10.6 Å². The first kappa shape index (κ1) is 18.4. The van der Waals surface area contributed by atoms with E-state index < -0.39 is 10.0 Å². The number of anilines is 1. The Morgan fingerprint density at radius 3 is 2.41 bits per heavy atom. The highest BCUT2D eigenvalue weighted by Crippen LogP contribution is 2.25. The van der Waals surface area contributed by atoms with Crippen LogP contribution in [0.25, 0.3) is 0 Å². The molecule has 0 bridgehead atoms. The molecule has 0 saturated heterocycles. The molecule has 1 aromatic rings. The highest BCUT2D eigenvalue weighted by Gasteiger charge is 2.19. The summed E-state index contributed by atoms with van der Waals surface area (Å²) in [6.45, 7) is 6.48. The van der Waals surface area contributed by atoms with Gasteiger partial charge >= 0.3 is 0 Å². The van der Waals surface area contributed by atoms with Crippen molar-refractivity contribution in [2.24, 2.45) is 0 Å². The fraction of sp³-hybridized carbons (Fsp3) is 0.533. The quantitative estimate of drug-likeness (QED) is 0.795. The van der Waals surface area contributed by atoms with Crippen molar-refractivity contribution in [1.29, 1.82) is 0 Å². The minimum absolute atomic E-state index is 0.111. The van der Waals surface area contributed by atoms with Crippen LogP contribution in [0.1, 0.15) is 24.5 Å². The molecule has 7 heteroatoms. The van der Waals surface area contributed by atoms with Crippen LogP contribution in [0.3, 0.4) is 0 Å². The Balaban J connectivity index is 3.01. The number of rotatable bonds is 7. The molecule has 1 amide bonds. The molecule has 124 valence electrons. The molecule has 0 heterocycles. The lowest BCUT2D eigenvalue weighted by atomic mass is 10.1. The van der Waals surface area contributed by atoms with E-state index in [4.69, 9.17) is 0 Å². The number of hydrogen-bond acceptors (Lipinski definition) is 4. The van der Waals surface area contributed by atoms with Gasteiger partial charge in [-0.3, -0.25) is 4.79 Å². The molecular weight excluding hydrogens is 302 g/mol. The third-order valence-corrected chi connectivity index (χ3v) is 5.22. The number of hydrogen-bond donors (Lipinski definition) is 2. The summed E-state index contributed by atoms with van der Waals surface area (Å²) in [4.78, 5) is 11.9. The van der Waals surface area contributed by atoms with Crippen LogP contribution in [0.15, 0.2) is 17.0 Å². The fourth-order valence-corrected chi connectivity index (χ4v) is 2.89. The Morgan fingerprint density at radius 2 is 1.86 bits per heavy atom. The molecule has 0 aromatic heterocycles. The summed E-state index contributed by atoms with van der Waals surface area (Å²) in [5, 5.41) is 5.79. The molecule has 2 N–H and O–H groups in total. The summed E-state index contributed by atoms with van der Waals surface area (Å²) in [5.41, 5.74) is 2.45. The molecule has 0 aliphatic heterocycles. The van der Waals surface area contributed by atoms with Crippen LogP contribution in [0.5, 0.6) is 0 Å². The second-order valence-electron chi connectivity index (χ2n) is 5.40. The molecule has 0 fully saturated rings. The Hall–Kier alpha value is -1.60. The van der Waals surface area contributed by atoms with Crippen LogP contribution in [0.2, 0.25) is 0 Å². The summed E-state index contributed by atoms with van der Waals surface area (Å²) >= 11 is 0. The van der Waals surface area contributed by atoms with Crippen molar-refractivity contribution >= 4 is 21.6 Å². The van der Waals surface area contributed by atoms with Crippen molar-refractivity contribution in [3.8, 4) is 0 Å². The van der Waals surface area contributed by atoms with E-state index in [0.29, 0.717) is 12.2 Å². The molecule has 0 unspecified atom stereocenters. The lowest BCUT2D eigenvalue weighted by Crippen LogP contribution is -2.30. The van der Waals surface area contributed by atoms with Crippen molar-refractivity contribution in [2.75, 3.05) is 32.5 Å². The van der Waals surface area contributed by atoms with Crippen LogP contribution in [-0.2, 0) is 14.8 Å². The summed E-state index contributed by atoms with van der Waals surface area (Å²) in [6.07, 6.45) is 0.875. The van der Waals surface area contributed by atoms with Gasteiger partial charge in [-0.05, 0) is 43.5 Å². The first-order chi connectivity index (χ1) is 10.2. The molecule has 0 radical (unpaired) electrons. The van der Waals surface area contributed by atoms with Crippen molar-refractivity contribution in [2.45, 2.75) is 32.1 Å². The van der Waals surface area contributed by atoms with Crippen LogP contribution in [-0.4, -0.2) is 45.8 Å². The van der Waals surface area contributed by atoms with E-state index in [-0.39, 0.29) is 17.3 Å². The van der Waals surface area contributed by atoms with E-state index in [2.05, 4.69) is 10.6 Å². The predicted octanol–water partition coefficient (Wildman–Crippen LogP) is 1.49. The van der Waals surface area contributed by atoms with Crippen molar-refractivity contribution < 1.29 is 13.2 Å².